The smallest absolute Gasteiger partial charge is 0.225 e. The van der Waals surface area contributed by atoms with Crippen LogP contribution in [0.15, 0.2) is 70.5 Å². The Balaban J connectivity index is 1.24. The van der Waals surface area contributed by atoms with Crippen LogP contribution in [0.4, 0.5) is 5.95 Å². The molecule has 172 valence electrons. The van der Waals surface area contributed by atoms with E-state index in [1.54, 1.807) is 18.7 Å². The number of nitrogens with one attached hydrogen (secondary N) is 2. The third-order valence-corrected chi connectivity index (χ3v) is 6.15. The van der Waals surface area contributed by atoms with Crippen LogP contribution in [0.1, 0.15) is 36.6 Å². The summed E-state index contributed by atoms with van der Waals surface area (Å²) in [5.41, 5.74) is 1.18. The molecule has 0 aliphatic carbocycles. The summed E-state index contributed by atoms with van der Waals surface area (Å²) in [6.07, 6.45) is 8.98. The Morgan fingerprint density at radius 2 is 1.85 bits per heavy atom. The van der Waals surface area contributed by atoms with Crippen LogP contribution in [-0.2, 0) is 6.42 Å². The summed E-state index contributed by atoms with van der Waals surface area (Å²) >= 11 is 0. The molecule has 0 saturated carbocycles. The average molecular weight is 447 g/mol. The van der Waals surface area contributed by atoms with Crippen LogP contribution < -0.4 is 20.3 Å². The summed E-state index contributed by atoms with van der Waals surface area (Å²) in [5.74, 6) is 3.55. The highest BCUT2D eigenvalue weighted by atomic mass is 16.5. The molecule has 1 fully saturated rings. The molecule has 8 heteroatoms. The first-order valence-electron chi connectivity index (χ1n) is 11.7. The maximum atomic E-state index is 5.84. The molecule has 0 spiro atoms. The number of benzene rings is 1. The number of anilines is 1. The number of hydrogen-bond donors (Lipinski definition) is 2. The number of rotatable bonds is 6. The van der Waals surface area contributed by atoms with Gasteiger partial charge in [0, 0.05) is 56.5 Å². The maximum Gasteiger partial charge on any atom is 0.225 e. The van der Waals surface area contributed by atoms with Crippen molar-refractivity contribution in [1.82, 2.24) is 20.6 Å². The molecule has 5 rings (SSSR count). The monoisotopic (exact) mass is 446 g/mol. The highest BCUT2D eigenvalue weighted by Gasteiger charge is 2.25. The molecule has 0 bridgehead atoms. The summed E-state index contributed by atoms with van der Waals surface area (Å²) in [6.45, 7) is 3.19. The second-order valence-electron chi connectivity index (χ2n) is 8.39. The van der Waals surface area contributed by atoms with Gasteiger partial charge in [0.15, 0.2) is 5.96 Å². The quantitative estimate of drug-likeness (QED) is 0.444. The fraction of sp³-hybridized carbons (Fsp3) is 0.400. The van der Waals surface area contributed by atoms with Crippen molar-refractivity contribution >= 4 is 11.9 Å². The SMILES string of the molecule is c1cnc(N2CCC(NC(=NCCc3ccco3)NC3CCOc4ccccc43)CC2)nc1. The van der Waals surface area contributed by atoms with E-state index in [2.05, 4.69) is 37.6 Å². The second kappa shape index (κ2) is 10.4. The molecule has 1 saturated heterocycles. The Labute approximate surface area is 194 Å². The molecular weight excluding hydrogens is 416 g/mol. The standard InChI is InChI=1S/C25H30N6O2/c1-2-7-23-21(6-1)22(11-18-33-23)30-24(26-14-8-20-5-3-17-32-20)29-19-9-15-31(16-10-19)25-27-12-4-13-28-25/h1-7,12-13,17,19,22H,8-11,14-16,18H2,(H2,26,29,30). The van der Waals surface area contributed by atoms with Crippen molar-refractivity contribution in [3.63, 3.8) is 0 Å². The lowest BCUT2D eigenvalue weighted by Crippen LogP contribution is -2.50. The molecule has 1 atom stereocenters. The molecule has 8 nitrogen and oxygen atoms in total. The molecule has 2 aliphatic rings. The van der Waals surface area contributed by atoms with Gasteiger partial charge in [0.25, 0.3) is 0 Å². The van der Waals surface area contributed by atoms with Gasteiger partial charge in [-0.05, 0) is 37.1 Å². The zero-order chi connectivity index (χ0) is 22.3. The van der Waals surface area contributed by atoms with Crippen LogP contribution in [0.2, 0.25) is 0 Å². The van der Waals surface area contributed by atoms with Crippen LogP contribution >= 0.6 is 0 Å². The zero-order valence-electron chi connectivity index (χ0n) is 18.7. The average Bonchev–Trinajstić information content (AvgIpc) is 3.39. The van der Waals surface area contributed by atoms with Crippen molar-refractivity contribution in [3.05, 3.63) is 72.4 Å². The third kappa shape index (κ3) is 5.45. The number of aliphatic imine (C=N–C) groups is 1. The fourth-order valence-electron chi connectivity index (χ4n) is 4.39. The molecule has 0 amide bonds. The first-order valence-corrected chi connectivity index (χ1v) is 11.7. The summed E-state index contributed by atoms with van der Waals surface area (Å²) in [4.78, 5) is 15.9. The summed E-state index contributed by atoms with van der Waals surface area (Å²) in [6, 6.07) is 14.5. The lowest BCUT2D eigenvalue weighted by molar-refractivity contribution is 0.261. The predicted octanol–water partition coefficient (Wildman–Crippen LogP) is 3.34. The van der Waals surface area contributed by atoms with E-state index >= 15 is 0 Å². The number of ether oxygens (including phenoxy) is 1. The van der Waals surface area contributed by atoms with Gasteiger partial charge >= 0.3 is 0 Å². The Morgan fingerprint density at radius 3 is 2.67 bits per heavy atom. The third-order valence-electron chi connectivity index (χ3n) is 6.15. The number of guanidine groups is 1. The molecule has 4 heterocycles. The second-order valence-corrected chi connectivity index (χ2v) is 8.39. The first-order chi connectivity index (χ1) is 16.3. The van der Waals surface area contributed by atoms with E-state index < -0.39 is 0 Å². The van der Waals surface area contributed by atoms with E-state index in [1.165, 1.54) is 5.56 Å². The Hall–Kier alpha value is -3.55. The number of nitrogens with zero attached hydrogens (tertiary/aromatic N) is 4. The van der Waals surface area contributed by atoms with E-state index in [9.17, 15) is 0 Å². The minimum atomic E-state index is 0.169. The zero-order valence-corrected chi connectivity index (χ0v) is 18.7. The molecule has 1 unspecified atom stereocenters. The Bertz CT molecular complexity index is 1030. The van der Waals surface area contributed by atoms with Crippen molar-refractivity contribution in [1.29, 1.82) is 0 Å². The molecular formula is C25H30N6O2. The maximum absolute atomic E-state index is 5.84. The van der Waals surface area contributed by atoms with Gasteiger partial charge in [-0.2, -0.15) is 0 Å². The number of furan rings is 1. The van der Waals surface area contributed by atoms with Gasteiger partial charge in [-0.25, -0.2) is 9.97 Å². The number of piperidine rings is 1. The van der Waals surface area contributed by atoms with Crippen molar-refractivity contribution in [2.24, 2.45) is 4.99 Å². The molecule has 0 radical (unpaired) electrons. The molecule has 33 heavy (non-hydrogen) atoms. The van der Waals surface area contributed by atoms with E-state index in [1.807, 2.05) is 30.3 Å². The van der Waals surface area contributed by atoms with Gasteiger partial charge in [-0.3, -0.25) is 4.99 Å². The van der Waals surface area contributed by atoms with Crippen LogP contribution in [0, 0.1) is 0 Å². The molecule has 3 aromatic rings. The lowest BCUT2D eigenvalue weighted by atomic mass is 10.0. The van der Waals surface area contributed by atoms with Crippen LogP contribution in [0.5, 0.6) is 5.75 Å². The van der Waals surface area contributed by atoms with Crippen molar-refractivity contribution in [3.8, 4) is 5.75 Å². The van der Waals surface area contributed by atoms with Crippen molar-refractivity contribution < 1.29 is 9.15 Å². The van der Waals surface area contributed by atoms with Gasteiger partial charge in [0.05, 0.1) is 18.9 Å². The van der Waals surface area contributed by atoms with Crippen LogP contribution in [0.25, 0.3) is 0 Å². The van der Waals surface area contributed by atoms with E-state index in [-0.39, 0.29) is 6.04 Å². The number of fused-ring (bicyclic) bond motifs is 1. The number of aromatic nitrogens is 2. The Morgan fingerprint density at radius 1 is 1.00 bits per heavy atom. The summed E-state index contributed by atoms with van der Waals surface area (Å²) < 4.78 is 11.3. The van der Waals surface area contributed by atoms with Crippen molar-refractivity contribution in [2.45, 2.75) is 37.8 Å². The highest BCUT2D eigenvalue weighted by molar-refractivity contribution is 5.80. The number of hydrogen-bond acceptors (Lipinski definition) is 6. The topological polar surface area (TPSA) is 87.8 Å². The normalized spacial score (nSPS) is 19.0. The largest absolute Gasteiger partial charge is 0.493 e. The minimum absolute atomic E-state index is 0.169. The molecule has 2 N–H and O–H groups in total. The van der Waals surface area contributed by atoms with E-state index in [4.69, 9.17) is 14.1 Å². The van der Waals surface area contributed by atoms with Gasteiger partial charge in [-0.15, -0.1) is 0 Å². The highest BCUT2D eigenvalue weighted by Crippen LogP contribution is 2.31. The Kier molecular flexibility index (Phi) is 6.70. The van der Waals surface area contributed by atoms with E-state index in [0.29, 0.717) is 19.2 Å². The minimum Gasteiger partial charge on any atom is -0.493 e. The van der Waals surface area contributed by atoms with Crippen LogP contribution in [-0.4, -0.2) is 48.2 Å². The molecule has 2 aliphatic heterocycles. The van der Waals surface area contributed by atoms with Gasteiger partial charge in [0.1, 0.15) is 11.5 Å². The van der Waals surface area contributed by atoms with Crippen LogP contribution in [0.3, 0.4) is 0 Å². The van der Waals surface area contributed by atoms with E-state index in [0.717, 1.165) is 62.2 Å². The van der Waals surface area contributed by atoms with Gasteiger partial charge in [0.2, 0.25) is 5.95 Å². The fourth-order valence-corrected chi connectivity index (χ4v) is 4.39. The lowest BCUT2D eigenvalue weighted by Gasteiger charge is -2.34. The summed E-state index contributed by atoms with van der Waals surface area (Å²) in [5, 5.41) is 7.36. The molecule has 1 aromatic carbocycles. The summed E-state index contributed by atoms with van der Waals surface area (Å²) in [7, 11) is 0. The predicted molar refractivity (Wildman–Crippen MR) is 128 cm³/mol. The molecule has 2 aromatic heterocycles. The van der Waals surface area contributed by atoms with Gasteiger partial charge < -0.3 is 24.7 Å². The van der Waals surface area contributed by atoms with Crippen molar-refractivity contribution in [2.75, 3.05) is 31.1 Å². The number of para-hydroxylation sites is 1. The first kappa shape index (κ1) is 21.3. The van der Waals surface area contributed by atoms with Gasteiger partial charge in [-0.1, -0.05) is 18.2 Å².